The second kappa shape index (κ2) is 11.5. The average molecular weight is 436 g/mol. The van der Waals surface area contributed by atoms with Crippen LogP contribution in [0.1, 0.15) is 46.8 Å². The van der Waals surface area contributed by atoms with Gasteiger partial charge in [0.2, 0.25) is 0 Å². The van der Waals surface area contributed by atoms with Gasteiger partial charge in [-0.1, -0.05) is 55.4 Å². The number of ether oxygens (including phenoxy) is 1. The molecule has 3 aromatic rings. The molecule has 0 spiro atoms. The van der Waals surface area contributed by atoms with E-state index in [0.29, 0.717) is 24.5 Å². The molecule has 1 heterocycles. The van der Waals surface area contributed by atoms with Gasteiger partial charge < -0.3 is 14.6 Å². The number of benzene rings is 2. The Bertz CT molecular complexity index is 977. The summed E-state index contributed by atoms with van der Waals surface area (Å²) in [4.78, 5) is 15.3. The fourth-order valence-corrected chi connectivity index (χ4v) is 3.86. The Morgan fingerprint density at radius 2 is 1.84 bits per heavy atom. The van der Waals surface area contributed by atoms with Crippen molar-refractivity contribution in [2.24, 2.45) is 0 Å². The molecular weight excluding hydrogens is 402 g/mol. The van der Waals surface area contributed by atoms with Crippen molar-refractivity contribution in [1.82, 2.24) is 15.4 Å². The number of hydrogen-bond donors (Lipinski definition) is 1. The standard InChI is InChI=1S/C26H33N3O3/c1-5-29(6-2)23(15-21-11-8-7-9-12-21)17-27-26(30)22-13-10-14-24(16-22)31-18-25-19(3)28-32-20(25)4/h7-14,16,23H,5-6,15,17-18H2,1-4H3,(H,27,30). The molecule has 0 saturated carbocycles. The lowest BCUT2D eigenvalue weighted by atomic mass is 10.0. The van der Waals surface area contributed by atoms with E-state index in [1.165, 1.54) is 5.56 Å². The number of nitrogens with zero attached hydrogens (tertiary/aromatic N) is 2. The molecule has 0 aliphatic rings. The van der Waals surface area contributed by atoms with Crippen molar-refractivity contribution >= 4 is 5.91 Å². The minimum Gasteiger partial charge on any atom is -0.489 e. The first-order valence-corrected chi connectivity index (χ1v) is 11.2. The molecule has 0 fully saturated rings. The number of carbonyl (C=O) groups is 1. The minimum atomic E-state index is -0.0991. The van der Waals surface area contributed by atoms with Gasteiger partial charge >= 0.3 is 0 Å². The highest BCUT2D eigenvalue weighted by Crippen LogP contribution is 2.19. The Kier molecular flexibility index (Phi) is 8.45. The van der Waals surface area contributed by atoms with Crippen LogP contribution in [0.25, 0.3) is 0 Å². The lowest BCUT2D eigenvalue weighted by Gasteiger charge is -2.30. The van der Waals surface area contributed by atoms with Crippen molar-refractivity contribution in [1.29, 1.82) is 0 Å². The van der Waals surface area contributed by atoms with Crippen LogP contribution < -0.4 is 10.1 Å². The first-order chi connectivity index (χ1) is 15.5. The average Bonchev–Trinajstić information content (AvgIpc) is 3.14. The summed E-state index contributed by atoms with van der Waals surface area (Å²) in [6, 6.07) is 17.9. The van der Waals surface area contributed by atoms with E-state index in [4.69, 9.17) is 9.26 Å². The van der Waals surface area contributed by atoms with E-state index in [0.717, 1.165) is 36.5 Å². The number of amides is 1. The van der Waals surface area contributed by atoms with Gasteiger partial charge in [-0.05, 0) is 57.1 Å². The highest BCUT2D eigenvalue weighted by atomic mass is 16.5. The SMILES string of the molecule is CCN(CC)C(CNC(=O)c1cccc(OCc2c(C)noc2C)c1)Cc1ccccc1. The van der Waals surface area contributed by atoms with Gasteiger partial charge in [-0.15, -0.1) is 0 Å². The summed E-state index contributed by atoms with van der Waals surface area (Å²) in [5.41, 5.74) is 3.60. The van der Waals surface area contributed by atoms with Crippen LogP contribution in [-0.4, -0.2) is 41.6 Å². The van der Waals surface area contributed by atoms with E-state index in [9.17, 15) is 4.79 Å². The Morgan fingerprint density at radius 1 is 1.09 bits per heavy atom. The summed E-state index contributed by atoms with van der Waals surface area (Å²) in [5, 5.41) is 7.07. The molecule has 3 rings (SSSR count). The molecule has 1 amide bonds. The molecule has 1 unspecified atom stereocenters. The zero-order valence-corrected chi connectivity index (χ0v) is 19.4. The summed E-state index contributed by atoms with van der Waals surface area (Å²) < 4.78 is 11.1. The fourth-order valence-electron chi connectivity index (χ4n) is 3.86. The van der Waals surface area contributed by atoms with Crippen LogP contribution in [0.2, 0.25) is 0 Å². The Hall–Kier alpha value is -3.12. The van der Waals surface area contributed by atoms with Gasteiger partial charge in [-0.3, -0.25) is 9.69 Å². The summed E-state index contributed by atoms with van der Waals surface area (Å²) in [6.45, 7) is 10.9. The molecule has 1 atom stereocenters. The third kappa shape index (κ3) is 6.20. The van der Waals surface area contributed by atoms with E-state index < -0.39 is 0 Å². The summed E-state index contributed by atoms with van der Waals surface area (Å²) in [6.07, 6.45) is 0.892. The minimum absolute atomic E-state index is 0.0991. The molecule has 32 heavy (non-hydrogen) atoms. The molecule has 0 aliphatic carbocycles. The first-order valence-electron chi connectivity index (χ1n) is 11.2. The Morgan fingerprint density at radius 3 is 2.50 bits per heavy atom. The number of rotatable bonds is 11. The van der Waals surface area contributed by atoms with Gasteiger partial charge in [0.1, 0.15) is 18.1 Å². The molecule has 1 aromatic heterocycles. The second-order valence-electron chi connectivity index (χ2n) is 7.89. The van der Waals surface area contributed by atoms with Gasteiger partial charge in [-0.2, -0.15) is 0 Å². The first kappa shape index (κ1) is 23.5. The van der Waals surface area contributed by atoms with Gasteiger partial charge in [-0.25, -0.2) is 0 Å². The van der Waals surface area contributed by atoms with Crippen molar-refractivity contribution in [3.63, 3.8) is 0 Å². The second-order valence-corrected chi connectivity index (χ2v) is 7.89. The maximum Gasteiger partial charge on any atom is 0.251 e. The summed E-state index contributed by atoms with van der Waals surface area (Å²) in [7, 11) is 0. The van der Waals surface area contributed by atoms with Crippen LogP contribution in [0.3, 0.4) is 0 Å². The lowest BCUT2D eigenvalue weighted by Crippen LogP contribution is -2.45. The maximum atomic E-state index is 12.9. The summed E-state index contributed by atoms with van der Waals surface area (Å²) in [5.74, 6) is 1.29. The third-order valence-electron chi connectivity index (χ3n) is 5.80. The number of aryl methyl sites for hydroxylation is 2. The molecule has 0 aliphatic heterocycles. The van der Waals surface area contributed by atoms with Crippen molar-refractivity contribution in [3.05, 3.63) is 82.7 Å². The highest BCUT2D eigenvalue weighted by molar-refractivity contribution is 5.94. The van der Waals surface area contributed by atoms with Gasteiger partial charge in [0.25, 0.3) is 5.91 Å². The molecule has 2 aromatic carbocycles. The van der Waals surface area contributed by atoms with Crippen LogP contribution >= 0.6 is 0 Å². The summed E-state index contributed by atoms with van der Waals surface area (Å²) >= 11 is 0. The molecular formula is C26H33N3O3. The van der Waals surface area contributed by atoms with Gasteiger partial charge in [0.15, 0.2) is 0 Å². The number of aromatic nitrogens is 1. The molecule has 6 heteroatoms. The smallest absolute Gasteiger partial charge is 0.251 e. The number of nitrogens with one attached hydrogen (secondary N) is 1. The zero-order chi connectivity index (χ0) is 22.9. The molecule has 0 radical (unpaired) electrons. The van der Waals surface area contributed by atoms with Crippen molar-refractivity contribution < 1.29 is 14.1 Å². The van der Waals surface area contributed by atoms with E-state index in [2.05, 4.69) is 53.5 Å². The largest absolute Gasteiger partial charge is 0.489 e. The van der Waals surface area contributed by atoms with Crippen molar-refractivity contribution in [2.75, 3.05) is 19.6 Å². The van der Waals surface area contributed by atoms with Crippen LogP contribution in [0, 0.1) is 13.8 Å². The quantitative estimate of drug-likeness (QED) is 0.478. The van der Waals surface area contributed by atoms with Crippen molar-refractivity contribution in [3.8, 4) is 5.75 Å². The number of hydrogen-bond acceptors (Lipinski definition) is 5. The monoisotopic (exact) mass is 435 g/mol. The predicted octanol–water partition coefficient (Wildman–Crippen LogP) is 4.55. The fraction of sp³-hybridized carbons (Fsp3) is 0.385. The van der Waals surface area contributed by atoms with Crippen LogP contribution in [0.4, 0.5) is 0 Å². The maximum absolute atomic E-state index is 12.9. The number of carbonyl (C=O) groups excluding carboxylic acids is 1. The third-order valence-corrected chi connectivity index (χ3v) is 5.80. The molecule has 1 N–H and O–H groups in total. The highest BCUT2D eigenvalue weighted by Gasteiger charge is 2.18. The topological polar surface area (TPSA) is 67.6 Å². The van der Waals surface area contributed by atoms with Gasteiger partial charge in [0, 0.05) is 18.2 Å². The zero-order valence-electron chi connectivity index (χ0n) is 19.4. The molecule has 0 bridgehead atoms. The Balaban J connectivity index is 1.62. The van der Waals surface area contributed by atoms with Crippen LogP contribution in [0.5, 0.6) is 5.75 Å². The molecule has 170 valence electrons. The normalized spacial score (nSPS) is 12.0. The van der Waals surface area contributed by atoms with Crippen LogP contribution in [0.15, 0.2) is 59.1 Å². The predicted molar refractivity (Wildman–Crippen MR) is 126 cm³/mol. The van der Waals surface area contributed by atoms with Crippen molar-refractivity contribution in [2.45, 2.75) is 46.8 Å². The van der Waals surface area contributed by atoms with Crippen LogP contribution in [-0.2, 0) is 13.0 Å². The van der Waals surface area contributed by atoms with E-state index >= 15 is 0 Å². The molecule has 0 saturated heterocycles. The van der Waals surface area contributed by atoms with E-state index in [-0.39, 0.29) is 11.9 Å². The van der Waals surface area contributed by atoms with E-state index in [1.807, 2.05) is 38.1 Å². The van der Waals surface area contributed by atoms with Gasteiger partial charge in [0.05, 0.1) is 11.3 Å². The van der Waals surface area contributed by atoms with E-state index in [1.54, 1.807) is 6.07 Å². The molecule has 6 nitrogen and oxygen atoms in total. The number of likely N-dealkylation sites (N-methyl/N-ethyl adjacent to an activating group) is 1. The Labute approximate surface area is 190 Å². The lowest BCUT2D eigenvalue weighted by molar-refractivity contribution is 0.0934.